The van der Waals surface area contributed by atoms with Crippen LogP contribution in [0.4, 0.5) is 0 Å². The van der Waals surface area contributed by atoms with Gasteiger partial charge in [-0.25, -0.2) is 0 Å². The molecule has 2 aromatic rings. The van der Waals surface area contributed by atoms with Crippen molar-refractivity contribution in [2.24, 2.45) is 0 Å². The molecule has 4 heteroatoms. The molecule has 1 aromatic carbocycles. The van der Waals surface area contributed by atoms with E-state index >= 15 is 0 Å². The fourth-order valence-corrected chi connectivity index (χ4v) is 2.69. The second kappa shape index (κ2) is 4.63. The highest BCUT2D eigenvalue weighted by molar-refractivity contribution is 5.80. The van der Waals surface area contributed by atoms with Crippen molar-refractivity contribution < 1.29 is 0 Å². The molecule has 2 N–H and O–H groups in total. The quantitative estimate of drug-likeness (QED) is 0.877. The smallest absolute Gasteiger partial charge is 0.191 e. The first-order chi connectivity index (χ1) is 9.58. The van der Waals surface area contributed by atoms with E-state index in [4.69, 9.17) is 5.41 Å². The van der Waals surface area contributed by atoms with Gasteiger partial charge in [0.15, 0.2) is 5.96 Å². The van der Waals surface area contributed by atoms with E-state index < -0.39 is 0 Å². The van der Waals surface area contributed by atoms with Crippen molar-refractivity contribution in [2.45, 2.75) is 12.5 Å². The van der Waals surface area contributed by atoms with Crippen molar-refractivity contribution in [1.29, 1.82) is 5.41 Å². The van der Waals surface area contributed by atoms with Crippen LogP contribution in [0.1, 0.15) is 12.5 Å². The molecule has 4 nitrogen and oxygen atoms in total. The second-order valence-electron chi connectivity index (χ2n) is 5.48. The van der Waals surface area contributed by atoms with Gasteiger partial charge in [-0.2, -0.15) is 0 Å². The maximum absolute atomic E-state index is 7.88. The average Bonchev–Trinajstić information content (AvgIpc) is 2.74. The van der Waals surface area contributed by atoms with Gasteiger partial charge in [-0.3, -0.25) is 10.4 Å². The lowest BCUT2D eigenvalue weighted by Gasteiger charge is -2.24. The van der Waals surface area contributed by atoms with E-state index in [1.807, 2.05) is 24.2 Å². The molecule has 1 aliphatic heterocycles. The van der Waals surface area contributed by atoms with Crippen LogP contribution < -0.4 is 5.32 Å². The molecule has 1 unspecified atom stereocenters. The summed E-state index contributed by atoms with van der Waals surface area (Å²) in [7, 11) is 1.94. The Morgan fingerprint density at radius 1 is 1.25 bits per heavy atom. The van der Waals surface area contributed by atoms with Gasteiger partial charge < -0.3 is 10.2 Å². The Labute approximate surface area is 119 Å². The maximum atomic E-state index is 7.88. The van der Waals surface area contributed by atoms with Crippen LogP contribution >= 0.6 is 0 Å². The van der Waals surface area contributed by atoms with E-state index in [1.54, 1.807) is 6.20 Å². The number of nitrogens with zero attached hydrogens (tertiary/aromatic N) is 2. The SMILES string of the molecule is CN1CC(C)(c2cccc(-c3cccnc3)c2)NC1=N. The Morgan fingerprint density at radius 3 is 2.70 bits per heavy atom. The molecule has 0 spiro atoms. The first-order valence-electron chi connectivity index (χ1n) is 6.67. The zero-order valence-electron chi connectivity index (χ0n) is 11.7. The summed E-state index contributed by atoms with van der Waals surface area (Å²) in [6.07, 6.45) is 3.65. The van der Waals surface area contributed by atoms with Crippen LogP contribution in [0.2, 0.25) is 0 Å². The zero-order valence-corrected chi connectivity index (χ0v) is 11.7. The van der Waals surface area contributed by atoms with Crippen molar-refractivity contribution in [3.05, 3.63) is 54.4 Å². The molecule has 1 fully saturated rings. The van der Waals surface area contributed by atoms with Crippen LogP contribution in [0.15, 0.2) is 48.8 Å². The van der Waals surface area contributed by atoms with Gasteiger partial charge in [0.25, 0.3) is 0 Å². The Bertz CT molecular complexity index is 638. The average molecular weight is 266 g/mol. The van der Waals surface area contributed by atoms with E-state index in [1.165, 1.54) is 5.56 Å². The third-order valence-electron chi connectivity index (χ3n) is 3.82. The van der Waals surface area contributed by atoms with Crippen LogP contribution in [0.5, 0.6) is 0 Å². The third kappa shape index (κ3) is 2.13. The number of nitrogens with one attached hydrogen (secondary N) is 2. The summed E-state index contributed by atoms with van der Waals surface area (Å²) in [4.78, 5) is 6.10. The summed E-state index contributed by atoms with van der Waals surface area (Å²) in [5.74, 6) is 0.472. The van der Waals surface area contributed by atoms with Crippen molar-refractivity contribution in [1.82, 2.24) is 15.2 Å². The third-order valence-corrected chi connectivity index (χ3v) is 3.82. The van der Waals surface area contributed by atoms with Crippen LogP contribution in [-0.4, -0.2) is 29.4 Å². The van der Waals surface area contributed by atoms with Gasteiger partial charge in [-0.1, -0.05) is 24.3 Å². The molecule has 0 radical (unpaired) electrons. The highest BCUT2D eigenvalue weighted by Gasteiger charge is 2.36. The van der Waals surface area contributed by atoms with Gasteiger partial charge in [0.2, 0.25) is 0 Å². The summed E-state index contributed by atoms with van der Waals surface area (Å²) >= 11 is 0. The van der Waals surface area contributed by atoms with Crippen molar-refractivity contribution in [3.8, 4) is 11.1 Å². The Balaban J connectivity index is 1.98. The molecular formula is C16H18N4. The monoisotopic (exact) mass is 266 g/mol. The number of benzene rings is 1. The normalized spacial score (nSPS) is 21.9. The van der Waals surface area contributed by atoms with Gasteiger partial charge in [-0.15, -0.1) is 0 Å². The molecule has 2 heterocycles. The summed E-state index contributed by atoms with van der Waals surface area (Å²) in [5, 5.41) is 11.2. The minimum Gasteiger partial charge on any atom is -0.345 e. The lowest BCUT2D eigenvalue weighted by molar-refractivity contribution is 0.404. The second-order valence-corrected chi connectivity index (χ2v) is 5.48. The number of hydrogen-bond donors (Lipinski definition) is 2. The highest BCUT2D eigenvalue weighted by atomic mass is 15.4. The molecule has 0 bridgehead atoms. The summed E-state index contributed by atoms with van der Waals surface area (Å²) < 4.78 is 0. The van der Waals surface area contributed by atoms with Crippen LogP contribution in [0.3, 0.4) is 0 Å². The standard InChI is InChI=1S/C16H18N4/c1-16(11-20(2)15(17)19-16)14-7-3-5-12(9-14)13-6-4-8-18-10-13/h3-10H,11H2,1-2H3,(H2,17,19). The highest BCUT2D eigenvalue weighted by Crippen LogP contribution is 2.29. The molecule has 0 aliphatic carbocycles. The van der Waals surface area contributed by atoms with E-state index in [2.05, 4.69) is 47.6 Å². The van der Waals surface area contributed by atoms with Crippen LogP contribution in [-0.2, 0) is 5.54 Å². The minimum absolute atomic E-state index is 0.218. The summed E-state index contributed by atoms with van der Waals surface area (Å²) in [6.45, 7) is 2.93. The zero-order chi connectivity index (χ0) is 14.2. The van der Waals surface area contributed by atoms with Gasteiger partial charge in [0, 0.05) is 26.0 Å². The Morgan fingerprint density at radius 2 is 2.05 bits per heavy atom. The van der Waals surface area contributed by atoms with Gasteiger partial charge in [0.05, 0.1) is 5.54 Å². The first-order valence-corrected chi connectivity index (χ1v) is 6.67. The molecule has 20 heavy (non-hydrogen) atoms. The van der Waals surface area contributed by atoms with Gasteiger partial charge >= 0.3 is 0 Å². The number of rotatable bonds is 2. The van der Waals surface area contributed by atoms with E-state index in [0.29, 0.717) is 5.96 Å². The van der Waals surface area contributed by atoms with Crippen molar-refractivity contribution in [2.75, 3.05) is 13.6 Å². The topological polar surface area (TPSA) is 52.0 Å². The number of hydrogen-bond acceptors (Lipinski definition) is 2. The van der Waals surface area contributed by atoms with Crippen LogP contribution in [0.25, 0.3) is 11.1 Å². The molecule has 0 amide bonds. The number of likely N-dealkylation sites (N-methyl/N-ethyl adjacent to an activating group) is 1. The van der Waals surface area contributed by atoms with Crippen LogP contribution in [0, 0.1) is 5.41 Å². The van der Waals surface area contributed by atoms with E-state index in [-0.39, 0.29) is 5.54 Å². The van der Waals surface area contributed by atoms with Gasteiger partial charge in [0.1, 0.15) is 0 Å². The first kappa shape index (κ1) is 12.7. The molecular weight excluding hydrogens is 248 g/mol. The molecule has 1 atom stereocenters. The fourth-order valence-electron chi connectivity index (χ4n) is 2.69. The number of pyridine rings is 1. The molecule has 1 aliphatic rings. The summed E-state index contributed by atoms with van der Waals surface area (Å²) in [5.41, 5.74) is 3.23. The Kier molecular flexibility index (Phi) is 2.93. The number of aromatic nitrogens is 1. The van der Waals surface area contributed by atoms with Crippen molar-refractivity contribution in [3.63, 3.8) is 0 Å². The largest absolute Gasteiger partial charge is 0.345 e. The molecule has 1 aromatic heterocycles. The lowest BCUT2D eigenvalue weighted by Crippen LogP contribution is -2.37. The minimum atomic E-state index is -0.218. The molecule has 102 valence electrons. The van der Waals surface area contributed by atoms with E-state index in [0.717, 1.165) is 17.7 Å². The molecule has 0 saturated carbocycles. The Hall–Kier alpha value is -2.36. The van der Waals surface area contributed by atoms with Crippen molar-refractivity contribution >= 4 is 5.96 Å². The molecule has 1 saturated heterocycles. The van der Waals surface area contributed by atoms with Gasteiger partial charge in [-0.05, 0) is 35.7 Å². The van der Waals surface area contributed by atoms with E-state index in [9.17, 15) is 0 Å². The fraction of sp³-hybridized carbons (Fsp3) is 0.250. The molecule has 3 rings (SSSR count). The summed E-state index contributed by atoms with van der Waals surface area (Å²) in [6, 6.07) is 12.4. The maximum Gasteiger partial charge on any atom is 0.191 e. The lowest BCUT2D eigenvalue weighted by atomic mass is 9.90. The predicted molar refractivity (Wildman–Crippen MR) is 80.5 cm³/mol. The predicted octanol–water partition coefficient (Wildman–Crippen LogP) is 2.43. The number of guanidine groups is 1.